The van der Waals surface area contributed by atoms with Crippen molar-refractivity contribution >= 4 is 17.5 Å². The molecule has 22 heavy (non-hydrogen) atoms. The largest absolute Gasteiger partial charge is 0.465 e. The summed E-state index contributed by atoms with van der Waals surface area (Å²) < 4.78 is 14.3. The van der Waals surface area contributed by atoms with Crippen molar-refractivity contribution in [3.63, 3.8) is 0 Å². The summed E-state index contributed by atoms with van der Waals surface area (Å²) in [7, 11) is 0. The molecule has 1 aliphatic carbocycles. The molecule has 1 saturated heterocycles. The Bertz CT molecular complexity index is 548. The molecule has 0 aromatic heterocycles. The number of rotatable bonds is 5. The molecular formula is C16H22FN3O2. The quantitative estimate of drug-likeness (QED) is 0.782. The summed E-state index contributed by atoms with van der Waals surface area (Å²) in [6.45, 7) is 1.87. The zero-order chi connectivity index (χ0) is 15.5. The van der Waals surface area contributed by atoms with Crippen molar-refractivity contribution in [1.82, 2.24) is 5.32 Å². The van der Waals surface area contributed by atoms with E-state index in [0.717, 1.165) is 31.5 Å². The Kier molecular flexibility index (Phi) is 4.36. The number of anilines is 2. The zero-order valence-electron chi connectivity index (χ0n) is 12.5. The third-order valence-electron chi connectivity index (χ3n) is 4.59. The van der Waals surface area contributed by atoms with Gasteiger partial charge in [-0.05, 0) is 49.8 Å². The van der Waals surface area contributed by atoms with Gasteiger partial charge in [-0.1, -0.05) is 0 Å². The highest BCUT2D eigenvalue weighted by Gasteiger charge is 2.25. The number of carbonyl (C=O) groups is 1. The van der Waals surface area contributed by atoms with Crippen LogP contribution in [0, 0.1) is 11.7 Å². The van der Waals surface area contributed by atoms with Crippen LogP contribution >= 0.6 is 0 Å². The molecule has 0 bridgehead atoms. The van der Waals surface area contributed by atoms with Crippen molar-refractivity contribution in [3.8, 4) is 0 Å². The zero-order valence-corrected chi connectivity index (χ0v) is 12.5. The van der Waals surface area contributed by atoms with E-state index in [4.69, 9.17) is 5.11 Å². The SMILES string of the molecule is O=C(O)NCC1CCN(c2ccc(NC3CCC3)cc2F)C1. The molecule has 6 heteroatoms. The van der Waals surface area contributed by atoms with Crippen LogP contribution in [0.2, 0.25) is 0 Å². The summed E-state index contributed by atoms with van der Waals surface area (Å²) in [5.41, 5.74) is 1.45. The normalized spacial score (nSPS) is 21.5. The average molecular weight is 307 g/mol. The summed E-state index contributed by atoms with van der Waals surface area (Å²) in [6.07, 6.45) is 3.44. The van der Waals surface area contributed by atoms with Crippen molar-refractivity contribution in [2.24, 2.45) is 5.92 Å². The number of benzene rings is 1. The highest BCUT2D eigenvalue weighted by molar-refractivity contribution is 5.64. The Hall–Kier alpha value is -1.98. The molecule has 1 heterocycles. The Morgan fingerprint density at radius 1 is 1.36 bits per heavy atom. The molecule has 1 aromatic carbocycles. The number of halogens is 1. The van der Waals surface area contributed by atoms with Gasteiger partial charge in [-0.3, -0.25) is 0 Å². The standard InChI is InChI=1S/C16H22FN3O2/c17-14-8-13(19-12-2-1-3-12)4-5-15(14)20-7-6-11(10-20)9-18-16(21)22/h4-5,8,11-12,18-19H,1-3,6-7,9-10H2,(H,21,22). The maximum atomic E-state index is 14.3. The predicted molar refractivity (Wildman–Crippen MR) is 84.0 cm³/mol. The van der Waals surface area contributed by atoms with Gasteiger partial charge in [-0.15, -0.1) is 0 Å². The van der Waals surface area contributed by atoms with E-state index in [1.165, 1.54) is 6.42 Å². The summed E-state index contributed by atoms with van der Waals surface area (Å²) in [5, 5.41) is 14.4. The summed E-state index contributed by atoms with van der Waals surface area (Å²) in [5.74, 6) is 0.0273. The van der Waals surface area contributed by atoms with Gasteiger partial charge in [0.15, 0.2) is 0 Å². The van der Waals surface area contributed by atoms with Crippen molar-refractivity contribution in [3.05, 3.63) is 24.0 Å². The monoisotopic (exact) mass is 307 g/mol. The molecular weight excluding hydrogens is 285 g/mol. The van der Waals surface area contributed by atoms with Crippen LogP contribution in [0.25, 0.3) is 0 Å². The summed E-state index contributed by atoms with van der Waals surface area (Å²) in [4.78, 5) is 12.5. The highest BCUT2D eigenvalue weighted by atomic mass is 19.1. The fourth-order valence-corrected chi connectivity index (χ4v) is 3.09. The molecule has 1 saturated carbocycles. The topological polar surface area (TPSA) is 64.6 Å². The van der Waals surface area contributed by atoms with Crippen molar-refractivity contribution < 1.29 is 14.3 Å². The Morgan fingerprint density at radius 2 is 2.18 bits per heavy atom. The molecule has 1 aromatic rings. The lowest BCUT2D eigenvalue weighted by molar-refractivity contribution is 0.192. The molecule has 1 unspecified atom stereocenters. The van der Waals surface area contributed by atoms with Crippen molar-refractivity contribution in [1.29, 1.82) is 0 Å². The fourth-order valence-electron chi connectivity index (χ4n) is 3.09. The molecule has 1 aliphatic heterocycles. The van der Waals surface area contributed by atoms with Crippen molar-refractivity contribution in [2.75, 3.05) is 29.9 Å². The molecule has 0 spiro atoms. The van der Waals surface area contributed by atoms with Crippen LogP contribution in [0.5, 0.6) is 0 Å². The van der Waals surface area contributed by atoms with Gasteiger partial charge >= 0.3 is 6.09 Å². The maximum Gasteiger partial charge on any atom is 0.404 e. The van der Waals surface area contributed by atoms with Gasteiger partial charge < -0.3 is 20.6 Å². The first-order valence-electron chi connectivity index (χ1n) is 7.89. The van der Waals surface area contributed by atoms with Crippen LogP contribution in [0.3, 0.4) is 0 Å². The first-order valence-corrected chi connectivity index (χ1v) is 7.89. The lowest BCUT2D eigenvalue weighted by Crippen LogP contribution is -2.30. The van der Waals surface area contributed by atoms with E-state index in [1.807, 2.05) is 17.0 Å². The minimum atomic E-state index is -1.00. The molecule has 1 atom stereocenters. The molecule has 2 aliphatic rings. The minimum absolute atomic E-state index is 0.212. The van der Waals surface area contributed by atoms with E-state index in [9.17, 15) is 9.18 Å². The van der Waals surface area contributed by atoms with Crippen LogP contribution in [0.15, 0.2) is 18.2 Å². The van der Waals surface area contributed by atoms with E-state index in [0.29, 0.717) is 24.8 Å². The average Bonchev–Trinajstić information content (AvgIpc) is 2.89. The fraction of sp³-hybridized carbons (Fsp3) is 0.562. The number of carboxylic acid groups (broad SMARTS) is 1. The summed E-state index contributed by atoms with van der Waals surface area (Å²) in [6, 6.07) is 5.81. The molecule has 120 valence electrons. The van der Waals surface area contributed by atoms with Gasteiger partial charge in [0.1, 0.15) is 5.82 Å². The second-order valence-electron chi connectivity index (χ2n) is 6.23. The van der Waals surface area contributed by atoms with E-state index < -0.39 is 6.09 Å². The van der Waals surface area contributed by atoms with Gasteiger partial charge in [-0.2, -0.15) is 0 Å². The number of nitrogens with zero attached hydrogens (tertiary/aromatic N) is 1. The van der Waals surface area contributed by atoms with Gasteiger partial charge in [0.2, 0.25) is 0 Å². The minimum Gasteiger partial charge on any atom is -0.465 e. The van der Waals surface area contributed by atoms with Crippen LogP contribution < -0.4 is 15.5 Å². The summed E-state index contributed by atoms with van der Waals surface area (Å²) >= 11 is 0. The molecule has 0 radical (unpaired) electrons. The second-order valence-corrected chi connectivity index (χ2v) is 6.23. The van der Waals surface area contributed by atoms with E-state index in [2.05, 4.69) is 10.6 Å². The second kappa shape index (κ2) is 6.42. The van der Waals surface area contributed by atoms with E-state index in [1.54, 1.807) is 6.07 Å². The van der Waals surface area contributed by atoms with E-state index in [-0.39, 0.29) is 11.7 Å². The Morgan fingerprint density at radius 3 is 2.82 bits per heavy atom. The Balaban J connectivity index is 1.58. The predicted octanol–water partition coefficient (Wildman–Crippen LogP) is 2.88. The van der Waals surface area contributed by atoms with Crippen molar-refractivity contribution in [2.45, 2.75) is 31.7 Å². The van der Waals surface area contributed by atoms with Crippen LogP contribution in [-0.2, 0) is 0 Å². The number of amides is 1. The third-order valence-corrected chi connectivity index (χ3v) is 4.59. The first kappa shape index (κ1) is 14.9. The Labute approximate surface area is 129 Å². The third kappa shape index (κ3) is 3.43. The van der Waals surface area contributed by atoms with Gasteiger partial charge in [-0.25, -0.2) is 9.18 Å². The molecule has 1 amide bonds. The lowest BCUT2D eigenvalue weighted by Gasteiger charge is -2.28. The van der Waals surface area contributed by atoms with E-state index >= 15 is 0 Å². The number of nitrogens with one attached hydrogen (secondary N) is 2. The van der Waals surface area contributed by atoms with Gasteiger partial charge in [0.25, 0.3) is 0 Å². The molecule has 2 fully saturated rings. The number of hydrogen-bond donors (Lipinski definition) is 3. The maximum absolute atomic E-state index is 14.3. The molecule has 3 N–H and O–H groups in total. The highest BCUT2D eigenvalue weighted by Crippen LogP contribution is 2.30. The van der Waals surface area contributed by atoms with Crippen LogP contribution in [-0.4, -0.2) is 36.9 Å². The smallest absolute Gasteiger partial charge is 0.404 e. The van der Waals surface area contributed by atoms with Crippen LogP contribution in [0.1, 0.15) is 25.7 Å². The van der Waals surface area contributed by atoms with Gasteiger partial charge in [0.05, 0.1) is 5.69 Å². The lowest BCUT2D eigenvalue weighted by atomic mass is 9.93. The van der Waals surface area contributed by atoms with Crippen LogP contribution in [0.4, 0.5) is 20.6 Å². The first-order chi connectivity index (χ1) is 10.6. The number of hydrogen-bond acceptors (Lipinski definition) is 3. The molecule has 3 rings (SSSR count). The van der Waals surface area contributed by atoms with Gasteiger partial charge in [0, 0.05) is 31.4 Å². The molecule has 5 nitrogen and oxygen atoms in total.